The first-order valence-electron chi connectivity index (χ1n) is 36.0. The van der Waals surface area contributed by atoms with Gasteiger partial charge in [0.05, 0.1) is 5.54 Å². The maximum atomic E-state index is 12.6. The van der Waals surface area contributed by atoms with Gasteiger partial charge in [-0.15, -0.1) is 25.6 Å². The summed E-state index contributed by atoms with van der Waals surface area (Å²) < 4.78 is 101. The largest absolute Gasteiger partial charge is 0.872 e. The molecule has 0 atom stereocenters. The van der Waals surface area contributed by atoms with Crippen molar-refractivity contribution in [3.05, 3.63) is 143 Å². The van der Waals surface area contributed by atoms with E-state index in [-0.39, 0.29) is 34.2 Å². The van der Waals surface area contributed by atoms with Gasteiger partial charge in [-0.3, -0.25) is 28.0 Å². The molecular formula is C72H148F2N26O2P8. The molecule has 0 aliphatic heterocycles. The average molecular weight is 1700 g/mol. The highest BCUT2D eigenvalue weighted by molar-refractivity contribution is 7.85. The van der Waals surface area contributed by atoms with Gasteiger partial charge in [0.25, 0.3) is 0 Å². The summed E-state index contributed by atoms with van der Waals surface area (Å²) >= 11 is 0. The van der Waals surface area contributed by atoms with E-state index in [4.69, 9.17) is 26.8 Å². The van der Waals surface area contributed by atoms with Crippen LogP contribution in [0.5, 0.6) is 0 Å². The highest BCUT2D eigenvalue weighted by Gasteiger charge is 2.56. The van der Waals surface area contributed by atoms with E-state index in [1.54, 1.807) is 48.5 Å². The van der Waals surface area contributed by atoms with Crippen LogP contribution in [0.1, 0.15) is 63.8 Å². The van der Waals surface area contributed by atoms with Gasteiger partial charge in [0, 0.05) is 5.54 Å². The molecule has 4 rings (SSSR count). The van der Waals surface area contributed by atoms with Gasteiger partial charge in [-0.1, -0.05) is 101 Å². The van der Waals surface area contributed by atoms with E-state index in [2.05, 4.69) is 390 Å². The van der Waals surface area contributed by atoms with Gasteiger partial charge >= 0.3 is 22.9 Å². The van der Waals surface area contributed by atoms with Gasteiger partial charge in [0.1, 0.15) is 11.6 Å². The SMILES string of the molecule is CN(C)P(=NP(N=P(N(C)C)(N(C)C)N(C)C)(=[N+]=P(N(C)C)(N(C)C)N(C)C)NC(C)(C)C)(N(C)C)N(C)C.CN(C)P(=N[P+](N=P(N(C)C)(N(C)C)N(C)C)(N=P(N(C)C)(N(C)C)N(C)C)NC(C)(C)C)(N(C)C)N(C)C.[O-]/C(=C\c1ccc(F)cc1)c1ccccc1.[O-]/C(=C\c1ccc(F)cc1)c1ccccc1. The second kappa shape index (κ2) is 44.1. The zero-order valence-corrected chi connectivity index (χ0v) is 82.6. The summed E-state index contributed by atoms with van der Waals surface area (Å²) in [6.45, 7) is 13.1. The number of rotatable bonds is 29. The molecule has 4 aromatic rings. The van der Waals surface area contributed by atoms with Crippen LogP contribution in [0.4, 0.5) is 8.78 Å². The fourth-order valence-electron chi connectivity index (χ4n) is 12.8. The van der Waals surface area contributed by atoms with Crippen LogP contribution in [0.25, 0.3) is 23.7 Å². The molecule has 110 heavy (non-hydrogen) atoms. The molecule has 2 N–H and O–H groups in total. The maximum Gasteiger partial charge on any atom is 0.521 e. The summed E-state index contributed by atoms with van der Waals surface area (Å²) in [4.78, 5) is 0. The van der Waals surface area contributed by atoms with Crippen molar-refractivity contribution in [3.8, 4) is 0 Å². The molecule has 0 saturated heterocycles. The number of hydrogen-bond donors (Lipinski definition) is 2. The monoisotopic (exact) mass is 1700 g/mol. The van der Waals surface area contributed by atoms with Crippen LogP contribution < -0.4 is 24.6 Å². The first kappa shape index (κ1) is 105. The predicted octanol–water partition coefficient (Wildman–Crippen LogP) is 14.6. The number of halogens is 2. The smallest absolute Gasteiger partial charge is 0.521 e. The Morgan fingerprint density at radius 3 is 0.727 bits per heavy atom. The van der Waals surface area contributed by atoms with Crippen LogP contribution in [0.15, 0.2) is 132 Å². The molecule has 0 saturated carbocycles. The highest BCUT2D eigenvalue weighted by atomic mass is 31.3. The highest BCUT2D eigenvalue weighted by Crippen LogP contribution is 2.81. The molecule has 0 amide bonds. The molecular weight excluding hydrogens is 1550 g/mol. The minimum Gasteiger partial charge on any atom is -0.872 e. The Labute approximate surface area is 669 Å². The molecule has 0 aliphatic rings. The molecule has 0 bridgehead atoms. The molecule has 28 nitrogen and oxygen atoms in total. The average Bonchev–Trinajstić information content (AvgIpc) is 0.736. The van der Waals surface area contributed by atoms with Gasteiger partial charge in [-0.25, -0.2) is 64.8 Å². The first-order chi connectivity index (χ1) is 50.1. The van der Waals surface area contributed by atoms with E-state index in [9.17, 15) is 19.0 Å². The van der Waals surface area contributed by atoms with Gasteiger partial charge in [-0.05, 0) is 355 Å². The summed E-state index contributed by atoms with van der Waals surface area (Å²) in [5, 5.41) is 31.5. The van der Waals surface area contributed by atoms with Gasteiger partial charge in [0.15, 0.2) is 15.0 Å². The summed E-state index contributed by atoms with van der Waals surface area (Å²) in [5.41, 5.74) is 2.04. The minimum absolute atomic E-state index is 0.0767. The van der Waals surface area contributed by atoms with Crippen molar-refractivity contribution in [1.82, 2.24) is 98.4 Å². The van der Waals surface area contributed by atoms with E-state index in [1.807, 2.05) is 36.4 Å². The van der Waals surface area contributed by atoms with Crippen molar-refractivity contribution in [2.24, 2.45) is 22.6 Å². The zero-order valence-electron chi connectivity index (χ0n) is 75.4. The molecule has 0 unspecified atom stereocenters. The van der Waals surface area contributed by atoms with Crippen LogP contribution >= 0.6 is 60.4 Å². The molecule has 0 aliphatic carbocycles. The Kier molecular flexibility index (Phi) is 42.2. The third-order valence-corrected chi connectivity index (χ3v) is 49.6. The fourth-order valence-corrected chi connectivity index (χ4v) is 50.9. The van der Waals surface area contributed by atoms with Crippen molar-refractivity contribution in [1.29, 1.82) is 0 Å². The quantitative estimate of drug-likeness (QED) is 0.0224. The lowest BCUT2D eigenvalue weighted by Crippen LogP contribution is -2.38. The molecule has 0 radical (unpaired) electrons. The molecule has 0 aromatic heterocycles. The van der Waals surface area contributed by atoms with Gasteiger partial charge < -0.3 is 10.2 Å². The summed E-state index contributed by atoms with van der Waals surface area (Å²) in [5.74, 6) is -0.756. The van der Waals surface area contributed by atoms with Crippen LogP contribution in [-0.4, -0.2) is 349 Å². The fraction of sp³-hybridized carbons (Fsp3) is 0.611. The van der Waals surface area contributed by atoms with Crippen molar-refractivity contribution in [2.75, 3.05) is 254 Å². The summed E-state index contributed by atoms with van der Waals surface area (Å²) in [6, 6.07) is 29.6. The van der Waals surface area contributed by atoms with E-state index in [0.29, 0.717) is 22.3 Å². The van der Waals surface area contributed by atoms with Crippen molar-refractivity contribution in [3.63, 3.8) is 0 Å². The summed E-state index contributed by atoms with van der Waals surface area (Å²) in [6.07, 6.45) is 2.99. The normalized spacial score (nSPS) is 13.9. The lowest BCUT2D eigenvalue weighted by molar-refractivity contribution is -0.243. The van der Waals surface area contributed by atoms with Gasteiger partial charge in [-0.2, -0.15) is 5.09 Å². The van der Waals surface area contributed by atoms with Crippen LogP contribution in [0.2, 0.25) is 0 Å². The molecule has 0 heterocycles. The zero-order chi connectivity index (χ0) is 85.8. The van der Waals surface area contributed by atoms with Crippen molar-refractivity contribution >= 4 is 84.1 Å². The molecule has 4 aromatic carbocycles. The third-order valence-electron chi connectivity index (χ3n) is 16.6. The van der Waals surface area contributed by atoms with Crippen molar-refractivity contribution < 1.29 is 19.0 Å². The predicted molar refractivity (Wildman–Crippen MR) is 483 cm³/mol. The van der Waals surface area contributed by atoms with Crippen LogP contribution in [0, 0.1) is 11.6 Å². The molecule has 0 fully saturated rings. The Morgan fingerprint density at radius 1 is 0.327 bits per heavy atom. The molecule has 38 heteroatoms. The first-order valence-corrected chi connectivity index (χ1v) is 48.8. The maximum absolute atomic E-state index is 12.6. The number of benzene rings is 4. The second-order valence-corrected chi connectivity index (χ2v) is 59.6. The van der Waals surface area contributed by atoms with E-state index in [1.165, 1.54) is 36.4 Å². The van der Waals surface area contributed by atoms with Crippen LogP contribution in [-0.2, 0) is 0 Å². The minimum atomic E-state index is -3.07. The van der Waals surface area contributed by atoms with E-state index < -0.39 is 60.4 Å². The molecule has 0 spiro atoms. The van der Waals surface area contributed by atoms with Crippen molar-refractivity contribution in [2.45, 2.75) is 52.6 Å². The van der Waals surface area contributed by atoms with E-state index >= 15 is 0 Å². The number of nitrogens with one attached hydrogen (secondary N) is 2. The Morgan fingerprint density at radius 2 is 0.545 bits per heavy atom. The Hall–Kier alpha value is -2.83. The van der Waals surface area contributed by atoms with E-state index in [0.717, 1.165) is 0 Å². The Balaban J connectivity index is 0.000000788. The second-order valence-electron chi connectivity index (χ2n) is 31.7. The third kappa shape index (κ3) is 27.1. The number of hydrogen-bond acceptors (Lipinski definition) is 6. The van der Waals surface area contributed by atoms with Gasteiger partial charge in [0.2, 0.25) is 22.5 Å². The summed E-state index contributed by atoms with van der Waals surface area (Å²) in [7, 11) is 55.4. The molecule has 632 valence electrons. The van der Waals surface area contributed by atoms with Crippen LogP contribution in [0.3, 0.4) is 0 Å². The number of nitrogens with zero attached hydrogens (tertiary/aromatic N) is 24. The standard InChI is InChI=1S/C22H64N13P4.C22H63N13P4.2C14H11FO/c2*1-22(2,3)23-36(24-37(27(4)5,28(6)7)29(8)9,25-38(30(10)11,31(12)13)32(14)15)26-39(33(16)17,34(18)19)35(20)21;2*15-13-8-6-11(7-9-13)10-14(16)12-4-2-1-3-5-12/h23H,1-21H3;1-21H3;2*1-10,16H/q+1;;;/p-1/b;;2*14-10-. The lowest BCUT2D eigenvalue weighted by atomic mass is 10.1. The Bertz CT molecular complexity index is 3550. The lowest BCUT2D eigenvalue weighted by Gasteiger charge is -2.44. The topological polar surface area (TPSA) is 204 Å².